The molecule has 96 valence electrons. The Morgan fingerprint density at radius 3 is 2.84 bits per heavy atom. The summed E-state index contributed by atoms with van der Waals surface area (Å²) in [7, 11) is 1.68. The molecule has 0 saturated heterocycles. The average Bonchev–Trinajstić information content (AvgIpc) is 2.96. The van der Waals surface area contributed by atoms with Crippen molar-refractivity contribution >= 4 is 17.0 Å². The molecule has 19 heavy (non-hydrogen) atoms. The quantitative estimate of drug-likeness (QED) is 0.636. The molecule has 0 unspecified atom stereocenters. The van der Waals surface area contributed by atoms with Crippen LogP contribution in [0.1, 0.15) is 10.5 Å². The van der Waals surface area contributed by atoms with E-state index >= 15 is 0 Å². The molecule has 0 amide bonds. The van der Waals surface area contributed by atoms with E-state index in [2.05, 4.69) is 15.2 Å². The molecule has 7 heteroatoms. The first-order chi connectivity index (χ1) is 9.06. The van der Waals surface area contributed by atoms with Crippen molar-refractivity contribution in [2.24, 2.45) is 7.05 Å². The number of imidazole rings is 1. The summed E-state index contributed by atoms with van der Waals surface area (Å²) < 4.78 is 1.51. The van der Waals surface area contributed by atoms with E-state index in [1.54, 1.807) is 25.2 Å². The van der Waals surface area contributed by atoms with Crippen LogP contribution in [-0.4, -0.2) is 30.8 Å². The van der Waals surface area contributed by atoms with Gasteiger partial charge in [-0.05, 0) is 18.2 Å². The van der Waals surface area contributed by atoms with Crippen LogP contribution in [0.4, 0.5) is 0 Å². The molecular formula is C12H10N4O3. The third kappa shape index (κ3) is 1.71. The van der Waals surface area contributed by atoms with Gasteiger partial charge in [0.1, 0.15) is 5.69 Å². The summed E-state index contributed by atoms with van der Waals surface area (Å²) >= 11 is 0. The van der Waals surface area contributed by atoms with Gasteiger partial charge in [-0.15, -0.1) is 0 Å². The molecule has 0 bridgehead atoms. The minimum absolute atomic E-state index is 0.0247. The Morgan fingerprint density at radius 2 is 2.16 bits per heavy atom. The molecule has 0 spiro atoms. The SMILES string of the molecule is Cn1c(=O)[nH]c2cc(-c3cc(C(=O)O)[nH]n3)ccc21. The lowest BCUT2D eigenvalue weighted by Crippen LogP contribution is -2.11. The fourth-order valence-electron chi connectivity index (χ4n) is 1.98. The number of nitrogens with one attached hydrogen (secondary N) is 2. The smallest absolute Gasteiger partial charge is 0.353 e. The summed E-state index contributed by atoms with van der Waals surface area (Å²) in [6.07, 6.45) is 0. The second-order valence-corrected chi connectivity index (χ2v) is 4.19. The van der Waals surface area contributed by atoms with Crippen molar-refractivity contribution in [2.75, 3.05) is 0 Å². The van der Waals surface area contributed by atoms with E-state index in [4.69, 9.17) is 5.11 Å². The Bertz CT molecular complexity index is 840. The number of H-pyrrole nitrogens is 2. The van der Waals surface area contributed by atoms with E-state index in [1.165, 1.54) is 10.6 Å². The lowest BCUT2D eigenvalue weighted by Gasteiger charge is -1.97. The monoisotopic (exact) mass is 258 g/mol. The highest BCUT2D eigenvalue weighted by molar-refractivity contribution is 5.88. The molecular weight excluding hydrogens is 248 g/mol. The number of aromatic nitrogens is 4. The van der Waals surface area contributed by atoms with Gasteiger partial charge in [0.05, 0.1) is 16.7 Å². The van der Waals surface area contributed by atoms with Crippen LogP contribution in [0, 0.1) is 0 Å². The lowest BCUT2D eigenvalue weighted by molar-refractivity contribution is 0.0690. The predicted molar refractivity (Wildman–Crippen MR) is 68.1 cm³/mol. The molecule has 0 aliphatic heterocycles. The van der Waals surface area contributed by atoms with Crippen molar-refractivity contribution < 1.29 is 9.90 Å². The molecule has 0 atom stereocenters. The predicted octanol–water partition coefficient (Wildman–Crippen LogP) is 0.955. The number of aromatic carboxylic acids is 1. The van der Waals surface area contributed by atoms with Crippen molar-refractivity contribution in [3.05, 3.63) is 40.4 Å². The number of hydrogen-bond donors (Lipinski definition) is 3. The number of benzene rings is 1. The molecule has 0 fully saturated rings. The van der Waals surface area contributed by atoms with E-state index < -0.39 is 5.97 Å². The Kier molecular flexibility index (Phi) is 2.28. The van der Waals surface area contributed by atoms with Crippen LogP contribution in [0.25, 0.3) is 22.3 Å². The zero-order valence-corrected chi connectivity index (χ0v) is 9.97. The standard InChI is InChI=1S/C12H10N4O3/c1-16-10-3-2-6(4-8(10)13-12(16)19)7-5-9(11(17)18)15-14-7/h2-5H,1H3,(H,13,19)(H,14,15)(H,17,18). The Balaban J connectivity index is 2.14. The van der Waals surface area contributed by atoms with E-state index in [1.807, 2.05) is 0 Å². The first-order valence-electron chi connectivity index (χ1n) is 5.54. The van der Waals surface area contributed by atoms with Crippen LogP contribution < -0.4 is 5.69 Å². The van der Waals surface area contributed by atoms with E-state index in [9.17, 15) is 9.59 Å². The lowest BCUT2D eigenvalue weighted by atomic mass is 10.1. The topological polar surface area (TPSA) is 104 Å². The molecule has 3 aromatic rings. The van der Waals surface area contributed by atoms with Gasteiger partial charge in [-0.3, -0.25) is 9.67 Å². The summed E-state index contributed by atoms with van der Waals surface area (Å²) in [5.41, 5.74) is 2.55. The fourth-order valence-corrected chi connectivity index (χ4v) is 1.98. The van der Waals surface area contributed by atoms with Crippen LogP contribution in [0.15, 0.2) is 29.1 Å². The van der Waals surface area contributed by atoms with E-state index in [0.29, 0.717) is 11.2 Å². The zero-order chi connectivity index (χ0) is 13.6. The minimum atomic E-state index is -1.06. The Morgan fingerprint density at radius 1 is 1.37 bits per heavy atom. The first kappa shape index (κ1) is 11.3. The Hall–Kier alpha value is -2.83. The van der Waals surface area contributed by atoms with Crippen molar-refractivity contribution in [1.29, 1.82) is 0 Å². The van der Waals surface area contributed by atoms with Gasteiger partial charge in [0, 0.05) is 12.6 Å². The number of aromatic amines is 2. The second-order valence-electron chi connectivity index (χ2n) is 4.19. The minimum Gasteiger partial charge on any atom is -0.477 e. The molecule has 0 aliphatic rings. The van der Waals surface area contributed by atoms with Crippen LogP contribution in [-0.2, 0) is 7.05 Å². The number of fused-ring (bicyclic) bond motifs is 1. The highest BCUT2D eigenvalue weighted by Gasteiger charge is 2.10. The largest absolute Gasteiger partial charge is 0.477 e. The number of hydrogen-bond acceptors (Lipinski definition) is 3. The number of nitrogens with zero attached hydrogens (tertiary/aromatic N) is 2. The number of carbonyl (C=O) groups is 1. The van der Waals surface area contributed by atoms with Crippen LogP contribution in [0.5, 0.6) is 0 Å². The number of rotatable bonds is 2. The maximum atomic E-state index is 11.5. The summed E-state index contributed by atoms with van der Waals surface area (Å²) in [4.78, 5) is 25.0. The normalized spacial score (nSPS) is 11.0. The summed E-state index contributed by atoms with van der Waals surface area (Å²) in [6.45, 7) is 0. The molecule has 7 nitrogen and oxygen atoms in total. The number of carboxylic acids is 1. The van der Waals surface area contributed by atoms with Crippen LogP contribution in [0.3, 0.4) is 0 Å². The van der Waals surface area contributed by atoms with Gasteiger partial charge in [-0.2, -0.15) is 5.10 Å². The van der Waals surface area contributed by atoms with Crippen molar-refractivity contribution in [2.45, 2.75) is 0 Å². The average molecular weight is 258 g/mol. The highest BCUT2D eigenvalue weighted by Crippen LogP contribution is 2.21. The molecule has 3 rings (SSSR count). The van der Waals surface area contributed by atoms with Crippen LogP contribution >= 0.6 is 0 Å². The maximum absolute atomic E-state index is 11.5. The molecule has 2 heterocycles. The van der Waals surface area contributed by atoms with Gasteiger partial charge < -0.3 is 10.1 Å². The zero-order valence-electron chi connectivity index (χ0n) is 9.97. The molecule has 2 aromatic heterocycles. The molecule has 1 aromatic carbocycles. The van der Waals surface area contributed by atoms with Gasteiger partial charge in [-0.25, -0.2) is 9.59 Å². The van der Waals surface area contributed by atoms with Gasteiger partial charge in [-0.1, -0.05) is 6.07 Å². The molecule has 3 N–H and O–H groups in total. The van der Waals surface area contributed by atoms with Gasteiger partial charge >= 0.3 is 11.7 Å². The first-order valence-corrected chi connectivity index (χ1v) is 5.54. The summed E-state index contributed by atoms with van der Waals surface area (Å²) in [5.74, 6) is -1.06. The summed E-state index contributed by atoms with van der Waals surface area (Å²) in [6, 6.07) is 6.79. The number of aryl methyl sites for hydroxylation is 1. The Labute approximate surface area is 106 Å². The second kappa shape index (κ2) is 3.84. The van der Waals surface area contributed by atoms with Crippen molar-refractivity contribution in [1.82, 2.24) is 19.7 Å². The summed E-state index contributed by atoms with van der Waals surface area (Å²) in [5, 5.41) is 15.2. The van der Waals surface area contributed by atoms with E-state index in [0.717, 1.165) is 11.1 Å². The third-order valence-corrected chi connectivity index (χ3v) is 3.01. The van der Waals surface area contributed by atoms with Crippen molar-refractivity contribution in [3.63, 3.8) is 0 Å². The van der Waals surface area contributed by atoms with Crippen molar-refractivity contribution in [3.8, 4) is 11.3 Å². The molecule has 0 aliphatic carbocycles. The fraction of sp³-hybridized carbons (Fsp3) is 0.0833. The van der Waals surface area contributed by atoms with Gasteiger partial charge in [0.25, 0.3) is 0 Å². The van der Waals surface area contributed by atoms with Gasteiger partial charge in [0.15, 0.2) is 0 Å². The van der Waals surface area contributed by atoms with Gasteiger partial charge in [0.2, 0.25) is 0 Å². The number of carboxylic acid groups (broad SMARTS) is 1. The third-order valence-electron chi connectivity index (χ3n) is 3.01. The van der Waals surface area contributed by atoms with Crippen LogP contribution in [0.2, 0.25) is 0 Å². The highest BCUT2D eigenvalue weighted by atomic mass is 16.4. The van der Waals surface area contributed by atoms with E-state index in [-0.39, 0.29) is 11.4 Å². The maximum Gasteiger partial charge on any atom is 0.353 e. The molecule has 0 saturated carbocycles. The molecule has 0 radical (unpaired) electrons.